The van der Waals surface area contributed by atoms with Crippen molar-refractivity contribution in [2.45, 2.75) is 25.7 Å². The molecule has 0 aliphatic carbocycles. The van der Waals surface area contributed by atoms with Crippen molar-refractivity contribution >= 4 is 35.6 Å². The Kier molecular flexibility index (Phi) is 9.67. The largest absolute Gasteiger partial charge is 0.389 e. The normalized spacial score (nSPS) is 13.2. The Bertz CT molecular complexity index is 590. The van der Waals surface area contributed by atoms with Crippen molar-refractivity contribution in [3.05, 3.63) is 69.7 Å². The third-order valence-corrected chi connectivity index (χ3v) is 4.03. The van der Waals surface area contributed by atoms with Crippen LogP contribution in [0.1, 0.15) is 24.1 Å². The predicted molar refractivity (Wildman–Crippen MR) is 102 cm³/mol. The number of rotatable bonds is 8. The minimum Gasteiger partial charge on any atom is -0.389 e. The third-order valence-electron chi connectivity index (χ3n) is 3.52. The highest BCUT2D eigenvalue weighted by atomic mass is 35.5. The second kappa shape index (κ2) is 10.9. The molecule has 0 radical (unpaired) electrons. The highest BCUT2D eigenvalue weighted by molar-refractivity contribution is 6.30. The molecular weight excluding hydrogens is 369 g/mol. The number of halogens is 3. The minimum atomic E-state index is -0.558. The van der Waals surface area contributed by atoms with E-state index in [4.69, 9.17) is 27.9 Å². The van der Waals surface area contributed by atoms with Crippen molar-refractivity contribution in [2.24, 2.45) is 0 Å². The van der Waals surface area contributed by atoms with Crippen molar-refractivity contribution in [2.75, 3.05) is 13.2 Å². The predicted octanol–water partition coefficient (Wildman–Crippen LogP) is 4.64. The summed E-state index contributed by atoms with van der Waals surface area (Å²) in [6.07, 6.45) is -0.558. The van der Waals surface area contributed by atoms with Crippen LogP contribution in [0.2, 0.25) is 10.0 Å². The fraction of sp³-hybridized carbons (Fsp3) is 0.333. The van der Waals surface area contributed by atoms with E-state index in [1.807, 2.05) is 55.5 Å². The topological polar surface area (TPSA) is 41.5 Å². The summed E-state index contributed by atoms with van der Waals surface area (Å²) >= 11 is 11.7. The second-order valence-electron chi connectivity index (χ2n) is 5.48. The molecule has 0 saturated heterocycles. The smallest absolute Gasteiger partial charge is 0.0898 e. The van der Waals surface area contributed by atoms with Gasteiger partial charge in [-0.05, 0) is 42.3 Å². The molecule has 24 heavy (non-hydrogen) atoms. The molecule has 0 aliphatic heterocycles. The van der Waals surface area contributed by atoms with E-state index in [2.05, 4.69) is 5.32 Å². The van der Waals surface area contributed by atoms with Gasteiger partial charge in [0.1, 0.15) is 0 Å². The molecule has 0 amide bonds. The summed E-state index contributed by atoms with van der Waals surface area (Å²) in [6.45, 7) is 3.25. The van der Waals surface area contributed by atoms with Crippen LogP contribution in [0.5, 0.6) is 0 Å². The van der Waals surface area contributed by atoms with E-state index in [0.29, 0.717) is 18.2 Å². The van der Waals surface area contributed by atoms with Crippen molar-refractivity contribution in [1.29, 1.82) is 0 Å². The maximum atomic E-state index is 9.98. The first-order chi connectivity index (χ1) is 11.0. The maximum absolute atomic E-state index is 9.98. The van der Waals surface area contributed by atoms with E-state index in [-0.39, 0.29) is 25.1 Å². The molecule has 6 heteroatoms. The summed E-state index contributed by atoms with van der Waals surface area (Å²) in [5.41, 5.74) is 2.16. The van der Waals surface area contributed by atoms with Gasteiger partial charge in [0.25, 0.3) is 0 Å². The molecule has 0 aliphatic rings. The van der Waals surface area contributed by atoms with Crippen molar-refractivity contribution < 1.29 is 9.84 Å². The Hall–Kier alpha value is -0.810. The standard InChI is InChI=1S/C18H21Cl2NO2.ClH/c1-13(15-4-8-17(20)9-5-15)21-10-18(22)12-23-11-14-2-6-16(19)7-3-14;/h2-9,13,18,21-22H,10-12H2,1H3;1H. The van der Waals surface area contributed by atoms with Crippen LogP contribution in [-0.2, 0) is 11.3 Å². The zero-order chi connectivity index (χ0) is 16.7. The molecule has 0 fully saturated rings. The molecule has 0 bridgehead atoms. The summed E-state index contributed by atoms with van der Waals surface area (Å²) in [7, 11) is 0. The number of hydrogen-bond acceptors (Lipinski definition) is 3. The Balaban J connectivity index is 0.00000288. The van der Waals surface area contributed by atoms with E-state index in [9.17, 15) is 5.11 Å². The van der Waals surface area contributed by atoms with E-state index in [0.717, 1.165) is 16.1 Å². The highest BCUT2D eigenvalue weighted by Crippen LogP contribution is 2.16. The number of hydrogen-bond donors (Lipinski definition) is 2. The average Bonchev–Trinajstić information content (AvgIpc) is 2.55. The van der Waals surface area contributed by atoms with Crippen LogP contribution in [0, 0.1) is 0 Å². The van der Waals surface area contributed by atoms with Crippen LogP contribution in [0.4, 0.5) is 0 Å². The molecule has 0 aromatic heterocycles. The van der Waals surface area contributed by atoms with Gasteiger partial charge >= 0.3 is 0 Å². The van der Waals surface area contributed by atoms with Crippen molar-refractivity contribution in [1.82, 2.24) is 5.32 Å². The quantitative estimate of drug-likeness (QED) is 0.689. The Morgan fingerprint density at radius 1 is 1.00 bits per heavy atom. The molecule has 0 heterocycles. The SMILES string of the molecule is CC(NCC(O)COCc1ccc(Cl)cc1)c1ccc(Cl)cc1.Cl. The molecule has 2 atom stereocenters. The zero-order valence-electron chi connectivity index (χ0n) is 13.4. The second-order valence-corrected chi connectivity index (χ2v) is 6.35. The average molecular weight is 391 g/mol. The molecule has 2 unspecified atom stereocenters. The van der Waals surface area contributed by atoms with Gasteiger partial charge < -0.3 is 15.2 Å². The Labute approximate surface area is 159 Å². The molecule has 2 N–H and O–H groups in total. The lowest BCUT2D eigenvalue weighted by Gasteiger charge is -2.17. The van der Waals surface area contributed by atoms with Gasteiger partial charge in [0, 0.05) is 22.6 Å². The van der Waals surface area contributed by atoms with Gasteiger partial charge in [-0.25, -0.2) is 0 Å². The van der Waals surface area contributed by atoms with E-state index < -0.39 is 6.10 Å². The van der Waals surface area contributed by atoms with E-state index >= 15 is 0 Å². The third kappa shape index (κ3) is 7.39. The van der Waals surface area contributed by atoms with Crippen LogP contribution in [-0.4, -0.2) is 24.4 Å². The lowest BCUT2D eigenvalue weighted by molar-refractivity contribution is 0.0278. The molecule has 3 nitrogen and oxygen atoms in total. The van der Waals surface area contributed by atoms with Gasteiger partial charge in [-0.15, -0.1) is 12.4 Å². The monoisotopic (exact) mass is 389 g/mol. The van der Waals surface area contributed by atoms with Gasteiger partial charge in [0.2, 0.25) is 0 Å². The van der Waals surface area contributed by atoms with E-state index in [1.54, 1.807) is 0 Å². The molecule has 0 saturated carbocycles. The zero-order valence-corrected chi connectivity index (χ0v) is 15.7. The van der Waals surface area contributed by atoms with Crippen molar-refractivity contribution in [3.63, 3.8) is 0 Å². The number of aliphatic hydroxyl groups excluding tert-OH is 1. The first-order valence-corrected chi connectivity index (χ1v) is 8.29. The van der Waals surface area contributed by atoms with Crippen LogP contribution in [0.25, 0.3) is 0 Å². The van der Waals surface area contributed by atoms with Gasteiger partial charge in [-0.1, -0.05) is 47.5 Å². The molecule has 0 spiro atoms. The summed E-state index contributed by atoms with van der Waals surface area (Å²) < 4.78 is 5.52. The summed E-state index contributed by atoms with van der Waals surface area (Å²) in [6, 6.07) is 15.3. The first-order valence-electron chi connectivity index (χ1n) is 7.53. The summed E-state index contributed by atoms with van der Waals surface area (Å²) in [5.74, 6) is 0. The van der Waals surface area contributed by atoms with Crippen LogP contribution >= 0.6 is 35.6 Å². The lowest BCUT2D eigenvalue weighted by atomic mass is 10.1. The number of ether oxygens (including phenoxy) is 1. The van der Waals surface area contributed by atoms with Crippen LogP contribution in [0.3, 0.4) is 0 Å². The highest BCUT2D eigenvalue weighted by Gasteiger charge is 2.09. The molecule has 2 rings (SSSR count). The number of benzene rings is 2. The molecule has 132 valence electrons. The summed E-state index contributed by atoms with van der Waals surface area (Å²) in [5, 5.41) is 14.7. The Morgan fingerprint density at radius 2 is 1.54 bits per heavy atom. The minimum absolute atomic E-state index is 0. The van der Waals surface area contributed by atoms with E-state index in [1.165, 1.54) is 0 Å². The maximum Gasteiger partial charge on any atom is 0.0898 e. The van der Waals surface area contributed by atoms with Crippen LogP contribution < -0.4 is 5.32 Å². The number of nitrogens with one attached hydrogen (secondary N) is 1. The molecule has 2 aromatic rings. The van der Waals surface area contributed by atoms with Gasteiger partial charge in [-0.3, -0.25) is 0 Å². The van der Waals surface area contributed by atoms with Crippen LogP contribution in [0.15, 0.2) is 48.5 Å². The Morgan fingerprint density at radius 3 is 2.12 bits per heavy atom. The fourth-order valence-electron chi connectivity index (χ4n) is 2.13. The lowest BCUT2D eigenvalue weighted by Crippen LogP contribution is -2.32. The van der Waals surface area contributed by atoms with Gasteiger partial charge in [0.15, 0.2) is 0 Å². The number of aliphatic hydroxyl groups is 1. The first kappa shape index (κ1) is 21.2. The van der Waals surface area contributed by atoms with Crippen molar-refractivity contribution in [3.8, 4) is 0 Å². The summed E-state index contributed by atoms with van der Waals surface area (Å²) in [4.78, 5) is 0. The molecular formula is C18H22Cl3NO2. The molecule has 2 aromatic carbocycles. The van der Waals surface area contributed by atoms with Gasteiger partial charge in [-0.2, -0.15) is 0 Å². The van der Waals surface area contributed by atoms with Gasteiger partial charge in [0.05, 0.1) is 19.3 Å². The fourth-order valence-corrected chi connectivity index (χ4v) is 2.39.